The van der Waals surface area contributed by atoms with Crippen molar-refractivity contribution >= 4 is 29.0 Å². The van der Waals surface area contributed by atoms with Crippen molar-refractivity contribution < 1.29 is 14.6 Å². The lowest BCUT2D eigenvalue weighted by molar-refractivity contribution is 0.0697. The molecular formula is C20H20N4O3. The molecule has 0 aliphatic carbocycles. The standard InChI is InChI=1S/C20H20N4O3/c1-12-7-8-17(27-3)16(9-12)24-19-11-18(21-13(2)22-19)23-15-6-4-5-14(10-15)20(25)26/h4-11H,1-3H3,(H,25,26)(H2,21,22,23,24). The van der Waals surface area contributed by atoms with Gasteiger partial charge < -0.3 is 20.5 Å². The number of benzene rings is 2. The Morgan fingerprint density at radius 1 is 1.00 bits per heavy atom. The highest BCUT2D eigenvalue weighted by Gasteiger charge is 2.08. The molecule has 7 nitrogen and oxygen atoms in total. The molecule has 0 atom stereocenters. The molecule has 0 fully saturated rings. The SMILES string of the molecule is COc1ccc(C)cc1Nc1cc(Nc2cccc(C(=O)O)c2)nc(C)n1. The fourth-order valence-corrected chi connectivity index (χ4v) is 2.63. The zero-order valence-corrected chi connectivity index (χ0v) is 15.3. The monoisotopic (exact) mass is 364 g/mol. The van der Waals surface area contributed by atoms with Crippen molar-refractivity contribution in [2.45, 2.75) is 13.8 Å². The minimum Gasteiger partial charge on any atom is -0.495 e. The highest BCUT2D eigenvalue weighted by atomic mass is 16.5. The van der Waals surface area contributed by atoms with Crippen LogP contribution >= 0.6 is 0 Å². The molecule has 0 aliphatic rings. The molecule has 0 saturated heterocycles. The summed E-state index contributed by atoms with van der Waals surface area (Å²) in [7, 11) is 1.61. The average molecular weight is 364 g/mol. The van der Waals surface area contributed by atoms with Crippen LogP contribution in [0.1, 0.15) is 21.7 Å². The first-order chi connectivity index (χ1) is 12.9. The van der Waals surface area contributed by atoms with Gasteiger partial charge in [0.2, 0.25) is 0 Å². The lowest BCUT2D eigenvalue weighted by atomic mass is 10.2. The number of nitrogens with one attached hydrogen (secondary N) is 2. The molecule has 1 aromatic heterocycles. The van der Waals surface area contributed by atoms with Gasteiger partial charge in [-0.1, -0.05) is 12.1 Å². The summed E-state index contributed by atoms with van der Waals surface area (Å²) in [6, 6.07) is 14.1. The predicted molar refractivity (Wildman–Crippen MR) is 104 cm³/mol. The van der Waals surface area contributed by atoms with Crippen LogP contribution in [0.15, 0.2) is 48.5 Å². The normalized spacial score (nSPS) is 10.3. The summed E-state index contributed by atoms with van der Waals surface area (Å²) in [5, 5.41) is 15.5. The quantitative estimate of drug-likeness (QED) is 0.600. The molecule has 0 aliphatic heterocycles. The lowest BCUT2D eigenvalue weighted by Gasteiger charge is -2.13. The van der Waals surface area contributed by atoms with Crippen LogP contribution in [0.25, 0.3) is 0 Å². The van der Waals surface area contributed by atoms with Crippen LogP contribution in [0.2, 0.25) is 0 Å². The number of hydrogen-bond donors (Lipinski definition) is 3. The summed E-state index contributed by atoms with van der Waals surface area (Å²) in [4.78, 5) is 19.9. The first-order valence-electron chi connectivity index (χ1n) is 8.32. The van der Waals surface area contributed by atoms with Gasteiger partial charge in [0.25, 0.3) is 0 Å². The van der Waals surface area contributed by atoms with E-state index in [9.17, 15) is 4.79 Å². The third-order valence-corrected chi connectivity index (χ3v) is 3.84. The molecule has 0 unspecified atom stereocenters. The van der Waals surface area contributed by atoms with Crippen molar-refractivity contribution in [2.24, 2.45) is 0 Å². The van der Waals surface area contributed by atoms with Crippen molar-refractivity contribution in [3.63, 3.8) is 0 Å². The smallest absolute Gasteiger partial charge is 0.335 e. The molecule has 0 spiro atoms. The maximum absolute atomic E-state index is 11.1. The van der Waals surface area contributed by atoms with Crippen LogP contribution in [0.5, 0.6) is 5.75 Å². The van der Waals surface area contributed by atoms with Crippen LogP contribution in [0.3, 0.4) is 0 Å². The first kappa shape index (κ1) is 18.2. The summed E-state index contributed by atoms with van der Waals surface area (Å²) >= 11 is 0. The molecule has 1 heterocycles. The van der Waals surface area contributed by atoms with E-state index in [-0.39, 0.29) is 5.56 Å². The molecule has 0 saturated carbocycles. The molecule has 3 rings (SSSR count). The van der Waals surface area contributed by atoms with Gasteiger partial charge >= 0.3 is 5.97 Å². The van der Waals surface area contributed by atoms with Crippen LogP contribution in [0, 0.1) is 13.8 Å². The van der Waals surface area contributed by atoms with E-state index in [1.165, 1.54) is 6.07 Å². The number of carboxylic acid groups (broad SMARTS) is 1. The number of aromatic carboxylic acids is 1. The lowest BCUT2D eigenvalue weighted by Crippen LogP contribution is -2.03. The Morgan fingerprint density at radius 2 is 1.74 bits per heavy atom. The molecule has 3 N–H and O–H groups in total. The number of ether oxygens (including phenoxy) is 1. The summed E-state index contributed by atoms with van der Waals surface area (Å²) in [6.07, 6.45) is 0. The molecule has 27 heavy (non-hydrogen) atoms. The predicted octanol–water partition coefficient (Wildman–Crippen LogP) is 4.29. The Hall–Kier alpha value is -3.61. The molecule has 3 aromatic rings. The van der Waals surface area contributed by atoms with Gasteiger partial charge in [0.15, 0.2) is 0 Å². The third kappa shape index (κ3) is 4.52. The second-order valence-electron chi connectivity index (χ2n) is 6.03. The van der Waals surface area contributed by atoms with Gasteiger partial charge in [0.05, 0.1) is 18.4 Å². The number of carboxylic acids is 1. The number of aromatic nitrogens is 2. The molecular weight excluding hydrogens is 344 g/mol. The first-order valence-corrected chi connectivity index (χ1v) is 8.32. The summed E-state index contributed by atoms with van der Waals surface area (Å²) in [5.74, 6) is 1.46. The Morgan fingerprint density at radius 3 is 2.44 bits per heavy atom. The Balaban J connectivity index is 1.88. The highest BCUT2D eigenvalue weighted by molar-refractivity contribution is 5.89. The van der Waals surface area contributed by atoms with E-state index in [1.807, 2.05) is 25.1 Å². The molecule has 2 aromatic carbocycles. The van der Waals surface area contributed by atoms with Crippen molar-refractivity contribution in [1.82, 2.24) is 9.97 Å². The molecule has 7 heteroatoms. The van der Waals surface area contributed by atoms with Gasteiger partial charge in [-0.2, -0.15) is 0 Å². The van der Waals surface area contributed by atoms with Crippen LogP contribution < -0.4 is 15.4 Å². The van der Waals surface area contributed by atoms with E-state index in [0.29, 0.717) is 28.9 Å². The van der Waals surface area contributed by atoms with Gasteiger partial charge in [0.1, 0.15) is 23.2 Å². The van der Waals surface area contributed by atoms with Gasteiger partial charge in [-0.25, -0.2) is 14.8 Å². The molecule has 0 amide bonds. The van der Waals surface area contributed by atoms with E-state index in [1.54, 1.807) is 38.3 Å². The Bertz CT molecular complexity index is 989. The fourth-order valence-electron chi connectivity index (χ4n) is 2.63. The van der Waals surface area contributed by atoms with Gasteiger partial charge in [0, 0.05) is 11.8 Å². The molecule has 0 bridgehead atoms. The largest absolute Gasteiger partial charge is 0.495 e. The second kappa shape index (κ2) is 7.74. The third-order valence-electron chi connectivity index (χ3n) is 3.84. The minimum atomic E-state index is -0.980. The van der Waals surface area contributed by atoms with E-state index in [2.05, 4.69) is 20.6 Å². The molecule has 138 valence electrons. The Kier molecular flexibility index (Phi) is 5.21. The number of anilines is 4. The maximum atomic E-state index is 11.1. The number of nitrogens with zero attached hydrogens (tertiary/aromatic N) is 2. The van der Waals surface area contributed by atoms with Crippen LogP contribution in [0.4, 0.5) is 23.0 Å². The number of carbonyl (C=O) groups is 1. The highest BCUT2D eigenvalue weighted by Crippen LogP contribution is 2.29. The number of aryl methyl sites for hydroxylation is 2. The van der Waals surface area contributed by atoms with Gasteiger partial charge in [-0.05, 0) is 49.7 Å². The van der Waals surface area contributed by atoms with Crippen molar-refractivity contribution in [1.29, 1.82) is 0 Å². The topological polar surface area (TPSA) is 96.4 Å². The second-order valence-corrected chi connectivity index (χ2v) is 6.03. The summed E-state index contributed by atoms with van der Waals surface area (Å²) in [5.41, 5.74) is 2.73. The maximum Gasteiger partial charge on any atom is 0.335 e. The van der Waals surface area contributed by atoms with Crippen molar-refractivity contribution in [3.05, 3.63) is 65.5 Å². The zero-order valence-electron chi connectivity index (χ0n) is 15.3. The van der Waals surface area contributed by atoms with Crippen molar-refractivity contribution in [2.75, 3.05) is 17.7 Å². The minimum absolute atomic E-state index is 0.202. The van der Waals surface area contributed by atoms with E-state index in [0.717, 1.165) is 11.3 Å². The summed E-state index contributed by atoms with van der Waals surface area (Å²) < 4.78 is 5.39. The van der Waals surface area contributed by atoms with Crippen molar-refractivity contribution in [3.8, 4) is 5.75 Å². The zero-order chi connectivity index (χ0) is 19.4. The Labute approximate surface area is 157 Å². The van der Waals surface area contributed by atoms with Gasteiger partial charge in [-0.3, -0.25) is 0 Å². The van der Waals surface area contributed by atoms with Crippen LogP contribution in [-0.4, -0.2) is 28.2 Å². The fraction of sp³-hybridized carbons (Fsp3) is 0.150. The molecule has 0 radical (unpaired) electrons. The van der Waals surface area contributed by atoms with Gasteiger partial charge in [-0.15, -0.1) is 0 Å². The summed E-state index contributed by atoms with van der Waals surface area (Å²) in [6.45, 7) is 3.79. The number of methoxy groups -OCH3 is 1. The number of hydrogen-bond acceptors (Lipinski definition) is 6. The number of rotatable bonds is 6. The average Bonchev–Trinajstić information content (AvgIpc) is 2.61. The van der Waals surface area contributed by atoms with E-state index >= 15 is 0 Å². The van der Waals surface area contributed by atoms with E-state index < -0.39 is 5.97 Å². The van der Waals surface area contributed by atoms with Crippen LogP contribution in [-0.2, 0) is 0 Å². The van der Waals surface area contributed by atoms with E-state index in [4.69, 9.17) is 9.84 Å².